The van der Waals surface area contributed by atoms with Crippen LogP contribution < -0.4 is 10.9 Å². The number of carbonyl (C=O) groups excluding carboxylic acids is 1. The highest BCUT2D eigenvalue weighted by atomic mass is 16.2. The van der Waals surface area contributed by atoms with E-state index in [1.54, 1.807) is 12.3 Å². The molecule has 5 nitrogen and oxygen atoms in total. The maximum atomic E-state index is 12.4. The summed E-state index contributed by atoms with van der Waals surface area (Å²) in [6.45, 7) is 6.01. The van der Waals surface area contributed by atoms with Crippen LogP contribution in [0.4, 0.5) is 0 Å². The number of pyridine rings is 1. The van der Waals surface area contributed by atoms with Crippen LogP contribution in [0.1, 0.15) is 55.5 Å². The van der Waals surface area contributed by atoms with Gasteiger partial charge in [0, 0.05) is 18.4 Å². The van der Waals surface area contributed by atoms with Crippen LogP contribution in [0, 0.1) is 6.92 Å². The Kier molecular flexibility index (Phi) is 5.31. The minimum absolute atomic E-state index is 0.0525. The lowest BCUT2D eigenvalue weighted by Crippen LogP contribution is -2.36. The zero-order valence-electron chi connectivity index (χ0n) is 13.4. The van der Waals surface area contributed by atoms with E-state index in [9.17, 15) is 9.59 Å². The van der Waals surface area contributed by atoms with Crippen LogP contribution in [0.3, 0.4) is 0 Å². The molecule has 0 fully saturated rings. The first kappa shape index (κ1) is 16.2. The highest BCUT2D eigenvalue weighted by molar-refractivity contribution is 5.93. The maximum Gasteiger partial charge on any atom is 0.270 e. The van der Waals surface area contributed by atoms with E-state index in [-0.39, 0.29) is 23.1 Å². The van der Waals surface area contributed by atoms with Crippen molar-refractivity contribution in [3.63, 3.8) is 0 Å². The quantitative estimate of drug-likeness (QED) is 0.834. The molecule has 0 saturated heterocycles. The average Bonchev–Trinajstić information content (AvgIpc) is 2.48. The number of nitrogens with one attached hydrogen (secondary N) is 1. The molecule has 2 aromatic rings. The van der Waals surface area contributed by atoms with Gasteiger partial charge in [0.05, 0.1) is 0 Å². The largest absolute Gasteiger partial charge is 0.349 e. The Morgan fingerprint density at radius 2 is 2.14 bits per heavy atom. The number of carbonyl (C=O) groups is 1. The topological polar surface area (TPSA) is 63.5 Å². The molecule has 5 heteroatoms. The van der Waals surface area contributed by atoms with E-state index in [1.807, 2.05) is 19.9 Å². The van der Waals surface area contributed by atoms with Gasteiger partial charge < -0.3 is 5.32 Å². The van der Waals surface area contributed by atoms with Crippen LogP contribution >= 0.6 is 0 Å². The van der Waals surface area contributed by atoms with E-state index < -0.39 is 0 Å². The van der Waals surface area contributed by atoms with E-state index in [1.165, 1.54) is 10.6 Å². The fourth-order valence-electron chi connectivity index (χ4n) is 2.41. The minimum atomic E-state index is -0.350. The molecule has 1 N–H and O–H groups in total. The van der Waals surface area contributed by atoms with Gasteiger partial charge in [-0.1, -0.05) is 32.3 Å². The number of fused-ring (bicyclic) bond motifs is 1. The molecule has 22 heavy (non-hydrogen) atoms. The zero-order valence-corrected chi connectivity index (χ0v) is 13.4. The van der Waals surface area contributed by atoms with E-state index in [2.05, 4.69) is 17.2 Å². The molecule has 0 aliphatic rings. The Morgan fingerprint density at radius 1 is 1.36 bits per heavy atom. The first-order valence-electron chi connectivity index (χ1n) is 7.81. The van der Waals surface area contributed by atoms with Gasteiger partial charge in [-0.05, 0) is 31.9 Å². The first-order chi connectivity index (χ1) is 10.5. The Balaban J connectivity index is 2.18. The Morgan fingerprint density at radius 3 is 2.86 bits per heavy atom. The Hall–Kier alpha value is -2.17. The van der Waals surface area contributed by atoms with Gasteiger partial charge in [-0.25, -0.2) is 4.98 Å². The van der Waals surface area contributed by atoms with Crippen LogP contribution in [-0.2, 0) is 0 Å². The summed E-state index contributed by atoms with van der Waals surface area (Å²) in [5.41, 5.74) is 1.25. The number of hydrogen-bond acceptors (Lipinski definition) is 3. The molecule has 1 amide bonds. The third kappa shape index (κ3) is 3.72. The summed E-state index contributed by atoms with van der Waals surface area (Å²) in [5, 5.41) is 2.88. The standard InChI is InChI=1S/C17H23N3O2/c1-4-5-6-7-13(3)19-16(21)14-10-18-15-9-8-12(2)11-20(15)17(14)22/h8-11,13H,4-7H2,1-3H3,(H,19,21). The van der Waals surface area contributed by atoms with Crippen molar-refractivity contribution in [3.8, 4) is 0 Å². The molecule has 0 aromatic carbocycles. The molecule has 2 aromatic heterocycles. The third-order valence-electron chi connectivity index (χ3n) is 3.71. The summed E-state index contributed by atoms with van der Waals surface area (Å²) in [6, 6.07) is 3.71. The monoisotopic (exact) mass is 301 g/mol. The number of unbranched alkanes of at least 4 members (excludes halogenated alkanes) is 2. The number of aromatic nitrogens is 2. The summed E-state index contributed by atoms with van der Waals surface area (Å²) in [7, 11) is 0. The Labute approximate surface area is 130 Å². The molecule has 0 spiro atoms. The number of hydrogen-bond donors (Lipinski definition) is 1. The van der Waals surface area contributed by atoms with E-state index >= 15 is 0 Å². The van der Waals surface area contributed by atoms with Gasteiger partial charge in [-0.2, -0.15) is 0 Å². The first-order valence-corrected chi connectivity index (χ1v) is 7.81. The molecule has 0 saturated carbocycles. The highest BCUT2D eigenvalue weighted by Crippen LogP contribution is 2.05. The zero-order chi connectivity index (χ0) is 16.1. The van der Waals surface area contributed by atoms with Crippen molar-refractivity contribution in [2.45, 2.75) is 52.5 Å². The fraction of sp³-hybridized carbons (Fsp3) is 0.471. The second-order valence-corrected chi connectivity index (χ2v) is 5.78. The van der Waals surface area contributed by atoms with Crippen molar-refractivity contribution >= 4 is 11.6 Å². The molecule has 2 rings (SSSR count). The lowest BCUT2D eigenvalue weighted by atomic mass is 10.1. The van der Waals surface area contributed by atoms with Gasteiger partial charge >= 0.3 is 0 Å². The van der Waals surface area contributed by atoms with Gasteiger partial charge in [0.25, 0.3) is 11.5 Å². The predicted molar refractivity (Wildman–Crippen MR) is 87.3 cm³/mol. The molecule has 0 bridgehead atoms. The van der Waals surface area contributed by atoms with Crippen molar-refractivity contribution in [1.29, 1.82) is 0 Å². The lowest BCUT2D eigenvalue weighted by Gasteiger charge is -2.13. The number of amides is 1. The normalized spacial score (nSPS) is 12.3. The molecule has 0 radical (unpaired) electrons. The number of rotatable bonds is 6. The molecule has 1 atom stereocenters. The van der Waals surface area contributed by atoms with Crippen molar-refractivity contribution in [1.82, 2.24) is 14.7 Å². The Bertz CT molecular complexity index is 721. The second kappa shape index (κ2) is 7.20. The van der Waals surface area contributed by atoms with E-state index in [4.69, 9.17) is 0 Å². The SMILES string of the molecule is CCCCCC(C)NC(=O)c1cnc2ccc(C)cn2c1=O. The van der Waals surface area contributed by atoms with Gasteiger partial charge in [0.2, 0.25) is 0 Å². The van der Waals surface area contributed by atoms with Gasteiger partial charge in [0.15, 0.2) is 0 Å². The summed E-state index contributed by atoms with van der Waals surface area (Å²) in [5.74, 6) is -0.350. The van der Waals surface area contributed by atoms with Crippen LogP contribution in [-0.4, -0.2) is 21.3 Å². The lowest BCUT2D eigenvalue weighted by molar-refractivity contribution is 0.0936. The maximum absolute atomic E-state index is 12.4. The smallest absolute Gasteiger partial charge is 0.270 e. The second-order valence-electron chi connectivity index (χ2n) is 5.78. The van der Waals surface area contributed by atoms with E-state index in [0.717, 1.165) is 31.2 Å². The highest BCUT2D eigenvalue weighted by Gasteiger charge is 2.15. The average molecular weight is 301 g/mol. The van der Waals surface area contributed by atoms with Crippen molar-refractivity contribution < 1.29 is 4.79 Å². The molecular formula is C17H23N3O2. The third-order valence-corrected chi connectivity index (χ3v) is 3.71. The molecule has 2 heterocycles. The fourth-order valence-corrected chi connectivity index (χ4v) is 2.41. The van der Waals surface area contributed by atoms with Crippen molar-refractivity contribution in [2.75, 3.05) is 0 Å². The summed E-state index contributed by atoms with van der Waals surface area (Å²) in [6.07, 6.45) is 7.36. The van der Waals surface area contributed by atoms with Crippen LogP contribution in [0.2, 0.25) is 0 Å². The molecule has 118 valence electrons. The van der Waals surface area contributed by atoms with Crippen molar-refractivity contribution in [2.24, 2.45) is 0 Å². The van der Waals surface area contributed by atoms with Crippen LogP contribution in [0.25, 0.3) is 5.65 Å². The molecule has 1 unspecified atom stereocenters. The predicted octanol–water partition coefficient (Wildman–Crippen LogP) is 2.70. The summed E-state index contributed by atoms with van der Waals surface area (Å²) >= 11 is 0. The molecule has 0 aliphatic carbocycles. The van der Waals surface area contributed by atoms with Crippen LogP contribution in [0.15, 0.2) is 29.3 Å². The van der Waals surface area contributed by atoms with E-state index in [0.29, 0.717) is 5.65 Å². The summed E-state index contributed by atoms with van der Waals surface area (Å²) in [4.78, 5) is 28.9. The van der Waals surface area contributed by atoms with Crippen molar-refractivity contribution in [3.05, 3.63) is 46.0 Å². The number of nitrogens with zero attached hydrogens (tertiary/aromatic N) is 2. The van der Waals surface area contributed by atoms with Gasteiger partial charge in [-0.3, -0.25) is 14.0 Å². The number of aryl methyl sites for hydroxylation is 1. The van der Waals surface area contributed by atoms with Crippen LogP contribution in [0.5, 0.6) is 0 Å². The summed E-state index contributed by atoms with van der Waals surface area (Å²) < 4.78 is 1.42. The molecular weight excluding hydrogens is 278 g/mol. The van der Waals surface area contributed by atoms with Gasteiger partial charge in [0.1, 0.15) is 11.2 Å². The van der Waals surface area contributed by atoms with Gasteiger partial charge in [-0.15, -0.1) is 0 Å². The minimum Gasteiger partial charge on any atom is -0.349 e. The molecule has 0 aliphatic heterocycles.